The Bertz CT molecular complexity index is 600. The van der Waals surface area contributed by atoms with E-state index in [4.69, 9.17) is 10.00 Å². The Labute approximate surface area is 136 Å². The second kappa shape index (κ2) is 6.67. The van der Waals surface area contributed by atoms with Crippen LogP contribution in [0, 0.1) is 17.2 Å². The number of amides is 1. The average Bonchev–Trinajstić information content (AvgIpc) is 3.15. The van der Waals surface area contributed by atoms with Crippen molar-refractivity contribution in [3.8, 4) is 6.07 Å². The van der Waals surface area contributed by atoms with E-state index in [2.05, 4.69) is 35.9 Å². The SMILES string of the molecule is CC1NC(c2ccc(NC(=O)C3CC(C#N)CN3)cc2)OC1C. The van der Waals surface area contributed by atoms with Crippen molar-refractivity contribution in [2.75, 3.05) is 11.9 Å². The molecule has 1 amide bonds. The van der Waals surface area contributed by atoms with Crippen molar-refractivity contribution in [1.29, 1.82) is 5.26 Å². The number of nitrogens with zero attached hydrogens (tertiary/aromatic N) is 1. The number of nitriles is 1. The van der Waals surface area contributed by atoms with E-state index in [-0.39, 0.29) is 30.2 Å². The quantitative estimate of drug-likeness (QED) is 0.787. The molecule has 5 atom stereocenters. The molecule has 2 saturated heterocycles. The predicted octanol–water partition coefficient (Wildman–Crippen LogP) is 1.52. The predicted molar refractivity (Wildman–Crippen MR) is 86.5 cm³/mol. The molecular formula is C17H22N4O2. The highest BCUT2D eigenvalue weighted by Crippen LogP contribution is 2.26. The van der Waals surface area contributed by atoms with Gasteiger partial charge in [0.05, 0.1) is 24.1 Å². The number of ether oxygens (including phenoxy) is 1. The van der Waals surface area contributed by atoms with Crippen LogP contribution in [0.1, 0.15) is 32.1 Å². The summed E-state index contributed by atoms with van der Waals surface area (Å²) in [7, 11) is 0. The number of hydrogen-bond donors (Lipinski definition) is 3. The van der Waals surface area contributed by atoms with Gasteiger partial charge in [-0.1, -0.05) is 12.1 Å². The third kappa shape index (κ3) is 3.53. The second-order valence-corrected chi connectivity index (χ2v) is 6.31. The lowest BCUT2D eigenvalue weighted by Gasteiger charge is -2.14. The fraction of sp³-hybridized carbons (Fsp3) is 0.529. The Morgan fingerprint density at radius 2 is 2.09 bits per heavy atom. The molecule has 2 aliphatic heterocycles. The Kier molecular flexibility index (Phi) is 4.62. The highest BCUT2D eigenvalue weighted by molar-refractivity contribution is 5.95. The summed E-state index contributed by atoms with van der Waals surface area (Å²) in [5.74, 6) is -0.171. The number of nitrogens with one attached hydrogen (secondary N) is 3. The van der Waals surface area contributed by atoms with Gasteiger partial charge in [0.15, 0.2) is 0 Å². The Balaban J connectivity index is 1.58. The minimum Gasteiger partial charge on any atom is -0.355 e. The molecule has 2 fully saturated rings. The smallest absolute Gasteiger partial charge is 0.241 e. The van der Waals surface area contributed by atoms with Crippen LogP contribution in [0.4, 0.5) is 5.69 Å². The van der Waals surface area contributed by atoms with E-state index in [1.165, 1.54) is 0 Å². The summed E-state index contributed by atoms with van der Waals surface area (Å²) in [6.45, 7) is 4.73. The first kappa shape index (κ1) is 15.9. The van der Waals surface area contributed by atoms with Crippen molar-refractivity contribution in [1.82, 2.24) is 10.6 Å². The molecule has 0 saturated carbocycles. The van der Waals surface area contributed by atoms with Crippen molar-refractivity contribution in [3.63, 3.8) is 0 Å². The van der Waals surface area contributed by atoms with Gasteiger partial charge in [-0.15, -0.1) is 0 Å². The third-order valence-electron chi connectivity index (χ3n) is 4.58. The van der Waals surface area contributed by atoms with Crippen LogP contribution >= 0.6 is 0 Å². The van der Waals surface area contributed by atoms with E-state index in [0.717, 1.165) is 11.3 Å². The van der Waals surface area contributed by atoms with Gasteiger partial charge in [0.2, 0.25) is 5.91 Å². The average molecular weight is 314 g/mol. The van der Waals surface area contributed by atoms with Crippen LogP contribution in [-0.4, -0.2) is 30.6 Å². The highest BCUT2D eigenvalue weighted by Gasteiger charge is 2.30. The maximum Gasteiger partial charge on any atom is 0.241 e. The van der Waals surface area contributed by atoms with Gasteiger partial charge in [-0.3, -0.25) is 10.1 Å². The molecule has 0 aliphatic carbocycles. The van der Waals surface area contributed by atoms with Crippen molar-refractivity contribution in [2.24, 2.45) is 5.92 Å². The number of benzene rings is 1. The molecule has 3 rings (SSSR count). The van der Waals surface area contributed by atoms with Crippen LogP contribution in [0.5, 0.6) is 0 Å². The summed E-state index contributed by atoms with van der Waals surface area (Å²) in [4.78, 5) is 12.2. The van der Waals surface area contributed by atoms with E-state index in [0.29, 0.717) is 19.0 Å². The van der Waals surface area contributed by atoms with Gasteiger partial charge in [-0.2, -0.15) is 5.26 Å². The van der Waals surface area contributed by atoms with Crippen molar-refractivity contribution in [3.05, 3.63) is 29.8 Å². The zero-order chi connectivity index (χ0) is 16.4. The molecule has 0 aromatic heterocycles. The standard InChI is InChI=1S/C17H22N4O2/c1-10-11(2)23-17(20-10)13-3-5-14(6-4-13)21-16(22)15-7-12(8-18)9-19-15/h3-6,10-12,15,17,19-20H,7,9H2,1-2H3,(H,21,22). The molecule has 0 bridgehead atoms. The van der Waals surface area contributed by atoms with Crippen molar-refractivity contribution < 1.29 is 9.53 Å². The topological polar surface area (TPSA) is 86.2 Å². The minimum absolute atomic E-state index is 0.0808. The van der Waals surface area contributed by atoms with Gasteiger partial charge in [0, 0.05) is 18.3 Å². The molecule has 1 aromatic carbocycles. The molecule has 0 radical (unpaired) electrons. The van der Waals surface area contributed by atoms with Crippen molar-refractivity contribution in [2.45, 2.75) is 44.7 Å². The number of rotatable bonds is 3. The molecule has 3 N–H and O–H groups in total. The van der Waals surface area contributed by atoms with Gasteiger partial charge >= 0.3 is 0 Å². The summed E-state index contributed by atoms with van der Waals surface area (Å²) in [5.41, 5.74) is 1.79. The largest absolute Gasteiger partial charge is 0.355 e. The first-order valence-corrected chi connectivity index (χ1v) is 8.02. The van der Waals surface area contributed by atoms with Gasteiger partial charge < -0.3 is 15.4 Å². The summed E-state index contributed by atoms with van der Waals surface area (Å²) < 4.78 is 5.85. The minimum atomic E-state index is -0.291. The van der Waals surface area contributed by atoms with Crippen LogP contribution < -0.4 is 16.0 Å². The maximum atomic E-state index is 12.2. The van der Waals surface area contributed by atoms with Crippen LogP contribution in [0.3, 0.4) is 0 Å². The third-order valence-corrected chi connectivity index (χ3v) is 4.58. The van der Waals surface area contributed by atoms with E-state index >= 15 is 0 Å². The fourth-order valence-corrected chi connectivity index (χ4v) is 2.93. The molecule has 2 aliphatic rings. The first-order chi connectivity index (χ1) is 11.1. The summed E-state index contributed by atoms with van der Waals surface area (Å²) in [6.07, 6.45) is 0.647. The molecular weight excluding hydrogens is 292 g/mol. The second-order valence-electron chi connectivity index (χ2n) is 6.31. The van der Waals surface area contributed by atoms with E-state index in [1.807, 2.05) is 24.3 Å². The monoisotopic (exact) mass is 314 g/mol. The number of anilines is 1. The van der Waals surface area contributed by atoms with Crippen LogP contribution in [-0.2, 0) is 9.53 Å². The number of carbonyl (C=O) groups is 1. The molecule has 1 aromatic rings. The lowest BCUT2D eigenvalue weighted by atomic mass is 10.1. The fourth-order valence-electron chi connectivity index (χ4n) is 2.93. The molecule has 6 nitrogen and oxygen atoms in total. The molecule has 23 heavy (non-hydrogen) atoms. The lowest BCUT2D eigenvalue weighted by Crippen LogP contribution is -2.35. The molecule has 0 spiro atoms. The van der Waals surface area contributed by atoms with Gasteiger partial charge in [-0.05, 0) is 38.0 Å². The van der Waals surface area contributed by atoms with Gasteiger partial charge in [0.1, 0.15) is 6.23 Å². The van der Waals surface area contributed by atoms with E-state index < -0.39 is 0 Å². The maximum absolute atomic E-state index is 12.2. The zero-order valence-corrected chi connectivity index (χ0v) is 13.4. The van der Waals surface area contributed by atoms with Gasteiger partial charge in [0.25, 0.3) is 0 Å². The van der Waals surface area contributed by atoms with Crippen LogP contribution in [0.25, 0.3) is 0 Å². The first-order valence-electron chi connectivity index (χ1n) is 8.02. The Morgan fingerprint density at radius 3 is 2.65 bits per heavy atom. The molecule has 5 unspecified atom stereocenters. The Hall–Kier alpha value is -1.94. The molecule has 2 heterocycles. The molecule has 6 heteroatoms. The lowest BCUT2D eigenvalue weighted by molar-refractivity contribution is -0.117. The number of hydrogen-bond acceptors (Lipinski definition) is 5. The molecule has 122 valence electrons. The summed E-state index contributed by atoms with van der Waals surface area (Å²) in [5, 5.41) is 18.2. The van der Waals surface area contributed by atoms with E-state index in [9.17, 15) is 4.79 Å². The summed E-state index contributed by atoms with van der Waals surface area (Å²) >= 11 is 0. The zero-order valence-electron chi connectivity index (χ0n) is 13.4. The van der Waals surface area contributed by atoms with Gasteiger partial charge in [-0.25, -0.2) is 0 Å². The van der Waals surface area contributed by atoms with E-state index in [1.54, 1.807) is 0 Å². The van der Waals surface area contributed by atoms with Crippen molar-refractivity contribution >= 4 is 11.6 Å². The normalized spacial score (nSPS) is 33.3. The highest BCUT2D eigenvalue weighted by atomic mass is 16.5. The number of carbonyl (C=O) groups excluding carboxylic acids is 1. The summed E-state index contributed by atoms with van der Waals surface area (Å²) in [6, 6.07) is 9.89. The van der Waals surface area contributed by atoms with Crippen LogP contribution in [0.15, 0.2) is 24.3 Å². The van der Waals surface area contributed by atoms with Crippen LogP contribution in [0.2, 0.25) is 0 Å². The Morgan fingerprint density at radius 1 is 1.35 bits per heavy atom.